The van der Waals surface area contributed by atoms with E-state index in [2.05, 4.69) is 20.5 Å². The number of aryl methyl sites for hydroxylation is 1. The normalized spacial score (nSPS) is 10.8. The molecule has 0 unspecified atom stereocenters. The van der Waals surface area contributed by atoms with Crippen LogP contribution in [0.1, 0.15) is 5.56 Å². The fraction of sp³-hybridized carbons (Fsp3) is 0.100. The van der Waals surface area contributed by atoms with Crippen LogP contribution in [0, 0.1) is 6.92 Å². The molecule has 0 saturated carbocycles. The predicted octanol–water partition coefficient (Wildman–Crippen LogP) is 5.08. The molecule has 0 aliphatic carbocycles. The summed E-state index contributed by atoms with van der Waals surface area (Å²) in [7, 11) is 0. The second-order valence-electron chi connectivity index (χ2n) is 6.15. The molecule has 0 saturated heterocycles. The fourth-order valence-corrected chi connectivity index (χ4v) is 4.25. The van der Waals surface area contributed by atoms with E-state index in [4.69, 9.17) is 11.6 Å². The summed E-state index contributed by atoms with van der Waals surface area (Å²) in [5, 5.41) is 14.6. The molecule has 3 aromatic heterocycles. The van der Waals surface area contributed by atoms with Crippen molar-refractivity contribution in [1.29, 1.82) is 0 Å². The van der Waals surface area contributed by atoms with Crippen molar-refractivity contribution in [3.05, 3.63) is 70.7 Å². The molecule has 9 heteroatoms. The second-order valence-corrected chi connectivity index (χ2v) is 8.48. The Morgan fingerprint density at radius 3 is 2.76 bits per heavy atom. The van der Waals surface area contributed by atoms with E-state index in [1.54, 1.807) is 29.7 Å². The first-order chi connectivity index (χ1) is 14.1. The third kappa shape index (κ3) is 4.67. The summed E-state index contributed by atoms with van der Waals surface area (Å²) in [6.07, 6.45) is 1.55. The maximum absolute atomic E-state index is 12.4. The minimum absolute atomic E-state index is 0.169. The van der Waals surface area contributed by atoms with E-state index < -0.39 is 0 Å². The van der Waals surface area contributed by atoms with Gasteiger partial charge in [-0.25, -0.2) is 4.98 Å². The van der Waals surface area contributed by atoms with Crippen LogP contribution < -0.4 is 5.32 Å². The van der Waals surface area contributed by atoms with Crippen molar-refractivity contribution in [2.24, 2.45) is 0 Å². The van der Waals surface area contributed by atoms with Crippen LogP contribution in [0.2, 0.25) is 5.02 Å². The highest BCUT2D eigenvalue weighted by molar-refractivity contribution is 7.99. The second kappa shape index (κ2) is 8.77. The minimum atomic E-state index is -0.194. The molecule has 0 aliphatic heterocycles. The van der Waals surface area contributed by atoms with Crippen LogP contribution >= 0.6 is 34.7 Å². The summed E-state index contributed by atoms with van der Waals surface area (Å²) in [5.74, 6) is 1.15. The van der Waals surface area contributed by atoms with E-state index in [0.717, 1.165) is 16.4 Å². The van der Waals surface area contributed by atoms with Crippen LogP contribution in [0.5, 0.6) is 0 Å². The van der Waals surface area contributed by atoms with Gasteiger partial charge in [0.1, 0.15) is 5.82 Å². The van der Waals surface area contributed by atoms with Gasteiger partial charge >= 0.3 is 0 Å². The van der Waals surface area contributed by atoms with Gasteiger partial charge in [0, 0.05) is 16.9 Å². The SMILES string of the molecule is Cc1ccc(-n2c(SCC(=O)Nc3cc(Cl)ccn3)nnc2-c2cccs2)cc1. The molecule has 6 nitrogen and oxygen atoms in total. The van der Waals surface area contributed by atoms with E-state index in [1.807, 2.05) is 53.3 Å². The molecule has 4 aromatic rings. The van der Waals surface area contributed by atoms with Crippen molar-refractivity contribution in [1.82, 2.24) is 19.7 Å². The topological polar surface area (TPSA) is 72.7 Å². The van der Waals surface area contributed by atoms with E-state index in [0.29, 0.717) is 16.0 Å². The number of thioether (sulfide) groups is 1. The Labute approximate surface area is 181 Å². The number of hydrogen-bond acceptors (Lipinski definition) is 6. The summed E-state index contributed by atoms with van der Waals surface area (Å²) < 4.78 is 1.97. The fourth-order valence-electron chi connectivity index (χ4n) is 2.64. The third-order valence-electron chi connectivity index (χ3n) is 3.99. The molecule has 3 heterocycles. The molecule has 29 heavy (non-hydrogen) atoms. The maximum Gasteiger partial charge on any atom is 0.236 e. The van der Waals surface area contributed by atoms with Gasteiger partial charge in [-0.1, -0.05) is 47.1 Å². The molecule has 1 amide bonds. The van der Waals surface area contributed by atoms with Crippen LogP contribution in [0.25, 0.3) is 16.4 Å². The molecule has 1 N–H and O–H groups in total. The predicted molar refractivity (Wildman–Crippen MR) is 118 cm³/mol. The van der Waals surface area contributed by atoms with Gasteiger partial charge in [-0.15, -0.1) is 21.5 Å². The lowest BCUT2D eigenvalue weighted by Crippen LogP contribution is -2.15. The standard InChI is InChI=1S/C20H16ClN5OS2/c1-13-4-6-15(7-5-13)26-19(16-3-2-10-28-16)24-25-20(26)29-12-18(27)23-17-11-14(21)8-9-22-17/h2-11H,12H2,1H3,(H,22,23,27). The van der Waals surface area contributed by atoms with Crippen molar-refractivity contribution in [3.8, 4) is 16.4 Å². The number of nitrogens with one attached hydrogen (secondary N) is 1. The summed E-state index contributed by atoms with van der Waals surface area (Å²) in [6.45, 7) is 2.04. The van der Waals surface area contributed by atoms with Gasteiger partial charge in [0.25, 0.3) is 0 Å². The maximum atomic E-state index is 12.4. The monoisotopic (exact) mass is 441 g/mol. The number of aromatic nitrogens is 4. The molecule has 0 atom stereocenters. The zero-order valence-electron chi connectivity index (χ0n) is 15.4. The lowest BCUT2D eigenvalue weighted by molar-refractivity contribution is -0.113. The van der Waals surface area contributed by atoms with Crippen LogP contribution in [-0.2, 0) is 4.79 Å². The van der Waals surface area contributed by atoms with Crippen LogP contribution in [0.3, 0.4) is 0 Å². The number of halogens is 1. The first-order valence-electron chi connectivity index (χ1n) is 8.71. The molecular formula is C20H16ClN5OS2. The molecule has 4 rings (SSSR count). The number of nitrogens with zero attached hydrogens (tertiary/aromatic N) is 4. The quantitative estimate of drug-likeness (QED) is 0.422. The van der Waals surface area contributed by atoms with Gasteiger partial charge in [-0.05, 0) is 42.6 Å². The Kier molecular flexibility index (Phi) is 5.94. The zero-order chi connectivity index (χ0) is 20.2. The molecule has 0 spiro atoms. The lowest BCUT2D eigenvalue weighted by atomic mass is 10.2. The molecule has 0 radical (unpaired) electrons. The van der Waals surface area contributed by atoms with Gasteiger partial charge in [-0.2, -0.15) is 0 Å². The number of rotatable bonds is 6. The highest BCUT2D eigenvalue weighted by atomic mass is 35.5. The van der Waals surface area contributed by atoms with Crippen molar-refractivity contribution >= 4 is 46.4 Å². The Hall–Kier alpha value is -2.68. The molecule has 0 fully saturated rings. The minimum Gasteiger partial charge on any atom is -0.310 e. The van der Waals surface area contributed by atoms with Gasteiger partial charge in [-0.3, -0.25) is 9.36 Å². The molecule has 0 bridgehead atoms. The molecule has 146 valence electrons. The number of benzene rings is 1. The first-order valence-corrected chi connectivity index (χ1v) is 10.9. The van der Waals surface area contributed by atoms with Crippen LogP contribution in [-0.4, -0.2) is 31.4 Å². The number of amides is 1. The summed E-state index contributed by atoms with van der Waals surface area (Å²) in [5.41, 5.74) is 2.12. The van der Waals surface area contributed by atoms with Gasteiger partial charge in [0.15, 0.2) is 11.0 Å². The number of carbonyl (C=O) groups is 1. The third-order valence-corrected chi connectivity index (χ3v) is 6.02. The van der Waals surface area contributed by atoms with Crippen molar-refractivity contribution in [2.75, 3.05) is 11.1 Å². The van der Waals surface area contributed by atoms with Crippen molar-refractivity contribution in [2.45, 2.75) is 12.1 Å². The van der Waals surface area contributed by atoms with Gasteiger partial charge < -0.3 is 5.32 Å². The van der Waals surface area contributed by atoms with Crippen molar-refractivity contribution in [3.63, 3.8) is 0 Å². The van der Waals surface area contributed by atoms with Gasteiger partial charge in [0.05, 0.1) is 10.6 Å². The van der Waals surface area contributed by atoms with Crippen LogP contribution in [0.4, 0.5) is 5.82 Å². The van der Waals surface area contributed by atoms with E-state index in [1.165, 1.54) is 17.3 Å². The summed E-state index contributed by atoms with van der Waals surface area (Å²) in [4.78, 5) is 17.5. The smallest absolute Gasteiger partial charge is 0.236 e. The highest BCUT2D eigenvalue weighted by Crippen LogP contribution is 2.30. The number of pyridine rings is 1. The van der Waals surface area contributed by atoms with Crippen LogP contribution in [0.15, 0.2) is 65.3 Å². The van der Waals surface area contributed by atoms with E-state index in [-0.39, 0.29) is 11.7 Å². The zero-order valence-corrected chi connectivity index (χ0v) is 17.8. The Bertz CT molecular complexity index is 1130. The number of hydrogen-bond donors (Lipinski definition) is 1. The number of carbonyl (C=O) groups excluding carboxylic acids is 1. The van der Waals surface area contributed by atoms with Gasteiger partial charge in [0.2, 0.25) is 5.91 Å². The van der Waals surface area contributed by atoms with E-state index >= 15 is 0 Å². The van der Waals surface area contributed by atoms with Crippen molar-refractivity contribution < 1.29 is 4.79 Å². The Balaban J connectivity index is 1.57. The molecule has 0 aliphatic rings. The molecular weight excluding hydrogens is 426 g/mol. The summed E-state index contributed by atoms with van der Waals surface area (Å²) >= 11 is 8.85. The summed E-state index contributed by atoms with van der Waals surface area (Å²) in [6, 6.07) is 15.4. The number of anilines is 1. The average molecular weight is 442 g/mol. The highest BCUT2D eigenvalue weighted by Gasteiger charge is 2.18. The number of thiophene rings is 1. The Morgan fingerprint density at radius 1 is 1.21 bits per heavy atom. The van der Waals surface area contributed by atoms with E-state index in [9.17, 15) is 4.79 Å². The molecule has 1 aromatic carbocycles. The lowest BCUT2D eigenvalue weighted by Gasteiger charge is -2.10. The first kappa shape index (κ1) is 19.6. The Morgan fingerprint density at radius 2 is 2.03 bits per heavy atom. The average Bonchev–Trinajstić information content (AvgIpc) is 3.37. The largest absolute Gasteiger partial charge is 0.310 e.